The summed E-state index contributed by atoms with van der Waals surface area (Å²) in [5, 5.41) is 17.2. The number of rotatable bonds is 4. The molecule has 1 unspecified atom stereocenters. The van der Waals surface area contributed by atoms with Crippen molar-refractivity contribution >= 4 is 39.8 Å². The van der Waals surface area contributed by atoms with Gasteiger partial charge in [0.15, 0.2) is 5.65 Å². The minimum Gasteiger partial charge on any atom is -0.331 e. The van der Waals surface area contributed by atoms with Crippen molar-refractivity contribution in [3.05, 3.63) is 42.1 Å². The number of anilines is 2. The van der Waals surface area contributed by atoms with Gasteiger partial charge in [-0.2, -0.15) is 19.1 Å². The quantitative estimate of drug-likeness (QED) is 0.533. The van der Waals surface area contributed by atoms with Gasteiger partial charge in [-0.25, -0.2) is 4.98 Å². The first kappa shape index (κ1) is 17.7. The van der Waals surface area contributed by atoms with Crippen molar-refractivity contribution in [2.24, 2.45) is 7.05 Å². The second kappa shape index (κ2) is 7.19. The Balaban J connectivity index is 1.64. The Morgan fingerprint density at radius 2 is 2.18 bits per heavy atom. The van der Waals surface area contributed by atoms with E-state index < -0.39 is 0 Å². The number of aromatic nitrogens is 6. The van der Waals surface area contributed by atoms with E-state index in [9.17, 15) is 0 Å². The molecule has 0 radical (unpaired) electrons. The summed E-state index contributed by atoms with van der Waals surface area (Å²) in [4.78, 5) is 5.00. The van der Waals surface area contributed by atoms with Gasteiger partial charge in [0, 0.05) is 49.3 Å². The highest BCUT2D eigenvalue weighted by molar-refractivity contribution is 7.99. The Bertz CT molecular complexity index is 1120. The van der Waals surface area contributed by atoms with Crippen LogP contribution in [0.3, 0.4) is 0 Å². The van der Waals surface area contributed by atoms with Crippen LogP contribution in [0.15, 0.2) is 30.7 Å². The number of fused-ring (bicyclic) bond motifs is 1. The number of nitrogens with one attached hydrogen (secondary N) is 2. The van der Waals surface area contributed by atoms with E-state index in [4.69, 9.17) is 4.98 Å². The van der Waals surface area contributed by atoms with Gasteiger partial charge in [-0.05, 0) is 24.5 Å². The lowest BCUT2D eigenvalue weighted by Crippen LogP contribution is -2.28. The van der Waals surface area contributed by atoms with Crippen LogP contribution in [0.1, 0.15) is 16.6 Å². The van der Waals surface area contributed by atoms with Crippen LogP contribution in [-0.4, -0.2) is 47.6 Å². The summed E-state index contributed by atoms with van der Waals surface area (Å²) in [5.41, 5.74) is 4.88. The van der Waals surface area contributed by atoms with Crippen LogP contribution in [0.4, 0.5) is 10.8 Å². The van der Waals surface area contributed by atoms with Crippen LogP contribution >= 0.6 is 23.3 Å². The molecule has 5 rings (SSSR count). The third kappa shape index (κ3) is 3.27. The third-order valence-electron chi connectivity index (χ3n) is 4.64. The van der Waals surface area contributed by atoms with E-state index in [0.717, 1.165) is 57.8 Å². The van der Waals surface area contributed by atoms with Crippen molar-refractivity contribution in [1.82, 2.24) is 34.1 Å². The zero-order chi connectivity index (χ0) is 19.1. The molecule has 5 heterocycles. The molecule has 144 valence electrons. The molecular formula is C18H20N8S2. The van der Waals surface area contributed by atoms with E-state index in [1.54, 1.807) is 4.68 Å². The van der Waals surface area contributed by atoms with Crippen LogP contribution in [0.25, 0.3) is 16.8 Å². The van der Waals surface area contributed by atoms with Crippen molar-refractivity contribution in [3.63, 3.8) is 0 Å². The lowest BCUT2D eigenvalue weighted by molar-refractivity contribution is 0.679. The van der Waals surface area contributed by atoms with Crippen LogP contribution in [0.5, 0.6) is 0 Å². The first-order valence-electron chi connectivity index (χ1n) is 9.08. The van der Waals surface area contributed by atoms with E-state index >= 15 is 0 Å². The van der Waals surface area contributed by atoms with Crippen molar-refractivity contribution in [2.75, 3.05) is 24.2 Å². The molecule has 1 fully saturated rings. The first-order chi connectivity index (χ1) is 13.7. The molecule has 1 atom stereocenters. The summed E-state index contributed by atoms with van der Waals surface area (Å²) in [6.07, 6.45) is 5.70. The molecule has 8 nitrogen and oxygen atoms in total. The predicted molar refractivity (Wildman–Crippen MR) is 113 cm³/mol. The Hall–Kier alpha value is -2.43. The molecule has 0 saturated carbocycles. The van der Waals surface area contributed by atoms with Crippen molar-refractivity contribution < 1.29 is 0 Å². The number of aryl methyl sites for hydroxylation is 2. The smallest absolute Gasteiger partial charge is 0.165 e. The zero-order valence-corrected chi connectivity index (χ0v) is 17.2. The maximum absolute atomic E-state index is 5.00. The lowest BCUT2D eigenvalue weighted by Gasteiger charge is -2.22. The number of nitrogens with zero attached hydrogens (tertiary/aromatic N) is 6. The lowest BCUT2D eigenvalue weighted by atomic mass is 10.2. The summed E-state index contributed by atoms with van der Waals surface area (Å²) in [6.45, 7) is 3.96. The van der Waals surface area contributed by atoms with Gasteiger partial charge in [0.1, 0.15) is 10.8 Å². The highest BCUT2D eigenvalue weighted by Gasteiger charge is 2.21. The van der Waals surface area contributed by atoms with Gasteiger partial charge in [-0.15, -0.1) is 11.8 Å². The maximum Gasteiger partial charge on any atom is 0.165 e. The average molecular weight is 413 g/mol. The summed E-state index contributed by atoms with van der Waals surface area (Å²) >= 11 is 3.39. The van der Waals surface area contributed by atoms with Gasteiger partial charge in [-0.1, -0.05) is 0 Å². The van der Waals surface area contributed by atoms with Crippen molar-refractivity contribution in [1.29, 1.82) is 0 Å². The van der Waals surface area contributed by atoms with Crippen LogP contribution < -0.4 is 10.6 Å². The van der Waals surface area contributed by atoms with E-state index in [-0.39, 0.29) is 0 Å². The number of thioether (sulfide) groups is 1. The Morgan fingerprint density at radius 1 is 1.25 bits per heavy atom. The SMILES string of the molecule is Cc1cc(Nc2cc(C3CNCCS3)nc3c(-c4cnn(C)c4)cnn23)sn1. The summed E-state index contributed by atoms with van der Waals surface area (Å²) in [7, 11) is 1.91. The highest BCUT2D eigenvalue weighted by Crippen LogP contribution is 2.34. The van der Waals surface area contributed by atoms with Gasteiger partial charge in [0.05, 0.1) is 29.0 Å². The predicted octanol–water partition coefficient (Wildman–Crippen LogP) is 3.02. The molecule has 1 saturated heterocycles. The topological polar surface area (TPSA) is 85.0 Å². The fourth-order valence-corrected chi connectivity index (χ4v) is 5.05. The van der Waals surface area contributed by atoms with Gasteiger partial charge >= 0.3 is 0 Å². The first-order valence-corrected chi connectivity index (χ1v) is 10.9. The Kier molecular flexibility index (Phi) is 4.53. The van der Waals surface area contributed by atoms with Gasteiger partial charge in [-0.3, -0.25) is 4.68 Å². The zero-order valence-electron chi connectivity index (χ0n) is 15.6. The second-order valence-corrected chi connectivity index (χ2v) is 8.90. The molecule has 2 N–H and O–H groups in total. The summed E-state index contributed by atoms with van der Waals surface area (Å²) in [5.74, 6) is 1.98. The third-order valence-corrected chi connectivity index (χ3v) is 6.69. The normalized spacial score (nSPS) is 17.3. The van der Waals surface area contributed by atoms with Crippen LogP contribution in [-0.2, 0) is 7.05 Å². The van der Waals surface area contributed by atoms with E-state index in [2.05, 4.69) is 31.3 Å². The summed E-state index contributed by atoms with van der Waals surface area (Å²) in [6, 6.07) is 4.14. The standard InChI is InChI=1S/C18H20N8S2/c1-11-5-17(28-24-11)23-16-6-14(15-9-19-3-4-27-15)22-18-13(8-21-26(16)18)12-7-20-25(2)10-12/h5-8,10,15,19,23H,3-4,9H2,1-2H3. The molecular weight excluding hydrogens is 392 g/mol. The molecule has 0 aliphatic carbocycles. The molecule has 4 aromatic rings. The largest absolute Gasteiger partial charge is 0.331 e. The molecule has 0 bridgehead atoms. The molecule has 28 heavy (non-hydrogen) atoms. The fourth-order valence-electron chi connectivity index (χ4n) is 3.30. The maximum atomic E-state index is 5.00. The Labute approximate surface area is 170 Å². The van der Waals surface area contributed by atoms with Crippen LogP contribution in [0.2, 0.25) is 0 Å². The monoisotopic (exact) mass is 412 g/mol. The van der Waals surface area contributed by atoms with Crippen molar-refractivity contribution in [2.45, 2.75) is 12.2 Å². The van der Waals surface area contributed by atoms with E-state index in [0.29, 0.717) is 5.25 Å². The molecule has 0 spiro atoms. The summed E-state index contributed by atoms with van der Waals surface area (Å²) < 4.78 is 8.03. The molecule has 0 amide bonds. The van der Waals surface area contributed by atoms with Gasteiger partial charge in [0.25, 0.3) is 0 Å². The van der Waals surface area contributed by atoms with Crippen LogP contribution in [0, 0.1) is 6.92 Å². The highest BCUT2D eigenvalue weighted by atomic mass is 32.2. The van der Waals surface area contributed by atoms with E-state index in [1.807, 2.05) is 54.9 Å². The second-order valence-electron chi connectivity index (χ2n) is 6.78. The van der Waals surface area contributed by atoms with Gasteiger partial charge < -0.3 is 10.6 Å². The van der Waals surface area contributed by atoms with Gasteiger partial charge in [0.2, 0.25) is 0 Å². The molecule has 10 heteroatoms. The van der Waals surface area contributed by atoms with Crippen molar-refractivity contribution in [3.8, 4) is 11.1 Å². The number of hydrogen-bond donors (Lipinski definition) is 2. The average Bonchev–Trinajstić information content (AvgIpc) is 3.42. The molecule has 1 aliphatic heterocycles. The fraction of sp³-hybridized carbons (Fsp3) is 0.333. The number of hydrogen-bond acceptors (Lipinski definition) is 8. The Morgan fingerprint density at radius 3 is 2.89 bits per heavy atom. The molecule has 1 aliphatic rings. The molecule has 4 aromatic heterocycles. The minimum absolute atomic E-state index is 0.319. The van der Waals surface area contributed by atoms with E-state index in [1.165, 1.54) is 11.5 Å². The minimum atomic E-state index is 0.319. The molecule has 0 aromatic carbocycles.